The first kappa shape index (κ1) is 16.7. The highest BCUT2D eigenvalue weighted by molar-refractivity contribution is 5.82. The molecule has 1 atom stereocenters. The Morgan fingerprint density at radius 1 is 1.28 bits per heavy atom. The molecule has 0 heterocycles. The van der Waals surface area contributed by atoms with Crippen molar-refractivity contribution in [3.05, 3.63) is 0 Å². The van der Waals surface area contributed by atoms with Gasteiger partial charge in [0.25, 0.3) is 0 Å². The molecule has 0 bridgehead atoms. The molecule has 2 amide bonds. The number of unbranched alkanes of at least 4 members (excludes halogenated alkanes) is 1. The smallest absolute Gasteiger partial charge is 0.328 e. The van der Waals surface area contributed by atoms with Gasteiger partial charge in [0.15, 0.2) is 6.04 Å². The molecule has 0 saturated carbocycles. The van der Waals surface area contributed by atoms with Gasteiger partial charge < -0.3 is 25.6 Å². The van der Waals surface area contributed by atoms with Gasteiger partial charge in [-0.2, -0.15) is 0 Å². The zero-order chi connectivity index (χ0) is 14.0. The summed E-state index contributed by atoms with van der Waals surface area (Å²) in [6.07, 6.45) is 1.76. The minimum Gasteiger partial charge on any atom is -0.480 e. The Labute approximate surface area is 107 Å². The van der Waals surface area contributed by atoms with Crippen LogP contribution < -0.4 is 10.6 Å². The number of ether oxygens (including phenoxy) is 1. The van der Waals surface area contributed by atoms with Crippen molar-refractivity contribution in [1.82, 2.24) is 10.6 Å². The van der Waals surface area contributed by atoms with Crippen molar-refractivity contribution in [1.29, 1.82) is 0 Å². The van der Waals surface area contributed by atoms with Gasteiger partial charge in [-0.25, -0.2) is 9.59 Å². The average Bonchev–Trinajstić information content (AvgIpc) is 2.29. The summed E-state index contributed by atoms with van der Waals surface area (Å²) in [4.78, 5) is 21.8. The van der Waals surface area contributed by atoms with Gasteiger partial charge in [0.05, 0.1) is 12.7 Å². The van der Waals surface area contributed by atoms with Gasteiger partial charge in [-0.15, -0.1) is 0 Å². The van der Waals surface area contributed by atoms with E-state index in [1.54, 1.807) is 0 Å². The largest absolute Gasteiger partial charge is 0.480 e. The lowest BCUT2D eigenvalue weighted by Gasteiger charge is -2.12. The van der Waals surface area contributed by atoms with E-state index in [0.717, 1.165) is 12.8 Å². The summed E-state index contributed by atoms with van der Waals surface area (Å²) in [6.45, 7) is 4.34. The maximum Gasteiger partial charge on any atom is 0.328 e. The highest BCUT2D eigenvalue weighted by atomic mass is 16.5. The van der Waals surface area contributed by atoms with Crippen LogP contribution in [-0.2, 0) is 9.53 Å². The molecule has 4 N–H and O–H groups in total. The van der Waals surface area contributed by atoms with Gasteiger partial charge in [0.1, 0.15) is 0 Å². The lowest BCUT2D eigenvalue weighted by molar-refractivity contribution is -0.140. The SMILES string of the molecule is CC(C)OCCCCNC(=O)NC(CO)C(=O)O. The number of urea groups is 1. The lowest BCUT2D eigenvalue weighted by atomic mass is 10.3. The Morgan fingerprint density at radius 3 is 2.44 bits per heavy atom. The Balaban J connectivity index is 3.56. The molecule has 0 radical (unpaired) electrons. The minimum atomic E-state index is -1.27. The van der Waals surface area contributed by atoms with Crippen LogP contribution in [0.4, 0.5) is 4.79 Å². The molecule has 0 aliphatic rings. The molecular weight excluding hydrogens is 240 g/mol. The highest BCUT2D eigenvalue weighted by Gasteiger charge is 2.17. The summed E-state index contributed by atoms with van der Waals surface area (Å²) < 4.78 is 5.32. The molecule has 7 heteroatoms. The van der Waals surface area contributed by atoms with E-state index in [1.807, 2.05) is 13.8 Å². The molecule has 0 fully saturated rings. The first-order valence-electron chi connectivity index (χ1n) is 5.97. The molecule has 0 rings (SSSR count). The molecular formula is C11H22N2O5. The van der Waals surface area contributed by atoms with Crippen LogP contribution in [0.2, 0.25) is 0 Å². The fourth-order valence-corrected chi connectivity index (χ4v) is 1.14. The lowest BCUT2D eigenvalue weighted by Crippen LogP contribution is -2.48. The summed E-state index contributed by atoms with van der Waals surface area (Å²) in [5, 5.41) is 22.0. The van der Waals surface area contributed by atoms with Crippen molar-refractivity contribution in [2.45, 2.75) is 38.8 Å². The van der Waals surface area contributed by atoms with E-state index in [4.69, 9.17) is 14.9 Å². The quantitative estimate of drug-likeness (QED) is 0.435. The van der Waals surface area contributed by atoms with Gasteiger partial charge >= 0.3 is 12.0 Å². The molecule has 18 heavy (non-hydrogen) atoms. The van der Waals surface area contributed by atoms with E-state index in [1.165, 1.54) is 0 Å². The second-order valence-electron chi connectivity index (χ2n) is 4.10. The van der Waals surface area contributed by atoms with E-state index >= 15 is 0 Å². The molecule has 0 aromatic carbocycles. The van der Waals surface area contributed by atoms with Crippen LogP contribution in [0, 0.1) is 0 Å². The third kappa shape index (κ3) is 8.77. The fourth-order valence-electron chi connectivity index (χ4n) is 1.14. The number of carbonyl (C=O) groups is 2. The van der Waals surface area contributed by atoms with E-state index < -0.39 is 24.6 Å². The second kappa shape index (κ2) is 9.67. The molecule has 0 aliphatic heterocycles. The summed E-state index contributed by atoms with van der Waals surface area (Å²) in [5.41, 5.74) is 0. The Hall–Kier alpha value is -1.34. The molecule has 0 aromatic rings. The zero-order valence-electron chi connectivity index (χ0n) is 10.8. The topological polar surface area (TPSA) is 108 Å². The van der Waals surface area contributed by atoms with Crippen LogP contribution in [0.25, 0.3) is 0 Å². The van der Waals surface area contributed by atoms with Crippen molar-refractivity contribution < 1.29 is 24.5 Å². The maximum atomic E-state index is 11.2. The summed E-state index contributed by atoms with van der Waals surface area (Å²) in [5.74, 6) is -1.27. The first-order chi connectivity index (χ1) is 8.47. The van der Waals surface area contributed by atoms with Crippen molar-refractivity contribution in [2.24, 2.45) is 0 Å². The maximum absolute atomic E-state index is 11.2. The molecule has 1 unspecified atom stereocenters. The van der Waals surface area contributed by atoms with Crippen LogP contribution in [0.5, 0.6) is 0 Å². The van der Waals surface area contributed by atoms with Gasteiger partial charge in [-0.1, -0.05) is 0 Å². The molecule has 0 saturated heterocycles. The van der Waals surface area contributed by atoms with E-state index in [0.29, 0.717) is 13.2 Å². The van der Waals surface area contributed by atoms with Crippen molar-refractivity contribution in [3.8, 4) is 0 Å². The van der Waals surface area contributed by atoms with Gasteiger partial charge in [-0.05, 0) is 26.7 Å². The van der Waals surface area contributed by atoms with E-state index in [-0.39, 0.29) is 6.10 Å². The standard InChI is InChI=1S/C11H22N2O5/c1-8(2)18-6-4-3-5-12-11(17)13-9(7-14)10(15)16/h8-9,14H,3-7H2,1-2H3,(H,15,16)(H2,12,13,17). The molecule has 7 nitrogen and oxygen atoms in total. The number of carbonyl (C=O) groups excluding carboxylic acids is 1. The number of hydrogen-bond donors (Lipinski definition) is 4. The number of carboxylic acids is 1. The number of aliphatic hydroxyl groups excluding tert-OH is 1. The monoisotopic (exact) mass is 262 g/mol. The summed E-state index contributed by atoms with van der Waals surface area (Å²) in [7, 11) is 0. The van der Waals surface area contributed by atoms with Crippen LogP contribution in [0.3, 0.4) is 0 Å². The van der Waals surface area contributed by atoms with E-state index in [9.17, 15) is 9.59 Å². The summed E-state index contributed by atoms with van der Waals surface area (Å²) in [6, 6.07) is -1.87. The third-order valence-electron chi connectivity index (χ3n) is 2.09. The molecule has 0 aliphatic carbocycles. The number of rotatable bonds is 9. The van der Waals surface area contributed by atoms with Crippen LogP contribution >= 0.6 is 0 Å². The average molecular weight is 262 g/mol. The third-order valence-corrected chi connectivity index (χ3v) is 2.09. The Bertz CT molecular complexity index is 258. The van der Waals surface area contributed by atoms with Gasteiger partial charge in [-0.3, -0.25) is 0 Å². The predicted octanol–water partition coefficient (Wildman–Crippen LogP) is -0.0637. The highest BCUT2D eigenvalue weighted by Crippen LogP contribution is 1.93. The van der Waals surface area contributed by atoms with Crippen molar-refractivity contribution in [3.63, 3.8) is 0 Å². The number of hydrogen-bond acceptors (Lipinski definition) is 4. The molecule has 0 spiro atoms. The molecule has 0 aromatic heterocycles. The fraction of sp³-hybridized carbons (Fsp3) is 0.818. The first-order valence-corrected chi connectivity index (χ1v) is 5.97. The van der Waals surface area contributed by atoms with Gasteiger partial charge in [0.2, 0.25) is 0 Å². The van der Waals surface area contributed by atoms with Crippen LogP contribution in [0.1, 0.15) is 26.7 Å². The number of amides is 2. The number of carboxylic acid groups (broad SMARTS) is 1. The summed E-state index contributed by atoms with van der Waals surface area (Å²) >= 11 is 0. The minimum absolute atomic E-state index is 0.196. The van der Waals surface area contributed by atoms with Crippen molar-refractivity contribution in [2.75, 3.05) is 19.8 Å². The predicted molar refractivity (Wildman–Crippen MR) is 65.4 cm³/mol. The van der Waals surface area contributed by atoms with Gasteiger partial charge in [0, 0.05) is 13.2 Å². The van der Waals surface area contributed by atoms with Crippen molar-refractivity contribution >= 4 is 12.0 Å². The van der Waals surface area contributed by atoms with Crippen LogP contribution in [0.15, 0.2) is 0 Å². The zero-order valence-corrected chi connectivity index (χ0v) is 10.8. The second-order valence-corrected chi connectivity index (χ2v) is 4.10. The Kier molecular flexibility index (Phi) is 8.95. The van der Waals surface area contributed by atoms with Crippen LogP contribution in [-0.4, -0.2) is 54.1 Å². The number of aliphatic hydroxyl groups is 1. The number of nitrogens with one attached hydrogen (secondary N) is 2. The normalized spacial score (nSPS) is 12.2. The number of aliphatic carboxylic acids is 1. The van der Waals surface area contributed by atoms with E-state index in [2.05, 4.69) is 10.6 Å². The molecule has 106 valence electrons. The Morgan fingerprint density at radius 2 is 1.94 bits per heavy atom.